The average Bonchev–Trinajstić information content (AvgIpc) is 2.15. The molecule has 96 valence electrons. The maximum absolute atomic E-state index is 11.7. The normalized spacial score (nSPS) is 24.6. The molecule has 1 saturated heterocycles. The van der Waals surface area contributed by atoms with Crippen molar-refractivity contribution in [1.29, 1.82) is 0 Å². The summed E-state index contributed by atoms with van der Waals surface area (Å²) >= 11 is 0. The number of hydrogen-bond donors (Lipinski definition) is 0. The molecule has 0 aromatic rings. The van der Waals surface area contributed by atoms with Crippen molar-refractivity contribution in [3.05, 3.63) is 0 Å². The van der Waals surface area contributed by atoms with Gasteiger partial charge in [0, 0.05) is 13.1 Å². The molecule has 5 heteroatoms. The number of nitrogens with zero attached hydrogens (tertiary/aromatic N) is 1. The fourth-order valence-electron chi connectivity index (χ4n) is 1.93. The maximum atomic E-state index is 11.7. The largest absolute Gasteiger partial charge is 0.375 e. The fourth-order valence-corrected chi connectivity index (χ4v) is 3.05. The van der Waals surface area contributed by atoms with Gasteiger partial charge in [0.25, 0.3) is 0 Å². The van der Waals surface area contributed by atoms with Gasteiger partial charge in [-0.05, 0) is 18.8 Å². The molecule has 0 aromatic carbocycles. The highest BCUT2D eigenvalue weighted by molar-refractivity contribution is 7.89. The molecule has 0 aliphatic carbocycles. The summed E-state index contributed by atoms with van der Waals surface area (Å²) < 4.78 is 30.7. The average molecular weight is 249 g/mol. The van der Waals surface area contributed by atoms with Gasteiger partial charge in [0.2, 0.25) is 10.0 Å². The van der Waals surface area contributed by atoms with Crippen LogP contribution in [0.15, 0.2) is 0 Å². The van der Waals surface area contributed by atoms with Crippen molar-refractivity contribution in [3.8, 4) is 0 Å². The van der Waals surface area contributed by atoms with Crippen molar-refractivity contribution in [2.75, 3.05) is 25.4 Å². The molecular weight excluding hydrogens is 226 g/mol. The number of sulfonamides is 1. The topological polar surface area (TPSA) is 46.6 Å². The Kier molecular flexibility index (Phi) is 4.37. The molecule has 1 rings (SSSR count). The van der Waals surface area contributed by atoms with Gasteiger partial charge < -0.3 is 4.74 Å². The smallest absolute Gasteiger partial charge is 0.213 e. The van der Waals surface area contributed by atoms with E-state index in [2.05, 4.69) is 20.8 Å². The lowest BCUT2D eigenvalue weighted by Crippen LogP contribution is -2.47. The van der Waals surface area contributed by atoms with Crippen molar-refractivity contribution in [2.24, 2.45) is 5.41 Å². The lowest BCUT2D eigenvalue weighted by molar-refractivity contribution is -0.0216. The molecule has 0 spiro atoms. The Hall–Kier alpha value is -0.130. The van der Waals surface area contributed by atoms with E-state index in [1.807, 2.05) is 0 Å². The summed E-state index contributed by atoms with van der Waals surface area (Å²) in [7, 11) is -3.06. The Morgan fingerprint density at radius 2 is 2.00 bits per heavy atom. The molecule has 0 bridgehead atoms. The van der Waals surface area contributed by atoms with Gasteiger partial charge >= 0.3 is 0 Å². The first-order valence-electron chi connectivity index (χ1n) is 5.84. The van der Waals surface area contributed by atoms with Crippen LogP contribution in [-0.2, 0) is 14.8 Å². The Labute approximate surface area is 99.0 Å². The van der Waals surface area contributed by atoms with Crippen LogP contribution in [0.5, 0.6) is 0 Å². The van der Waals surface area contributed by atoms with E-state index in [1.165, 1.54) is 0 Å². The minimum atomic E-state index is -3.06. The zero-order chi connectivity index (χ0) is 12.4. The number of morpholine rings is 1. The Bertz CT molecular complexity index is 319. The summed E-state index contributed by atoms with van der Waals surface area (Å²) in [4.78, 5) is 0. The van der Waals surface area contributed by atoms with E-state index in [0.29, 0.717) is 19.7 Å². The van der Waals surface area contributed by atoms with Crippen LogP contribution >= 0.6 is 0 Å². The molecule has 1 atom stereocenters. The second-order valence-corrected chi connectivity index (χ2v) is 7.77. The zero-order valence-corrected chi connectivity index (χ0v) is 11.5. The van der Waals surface area contributed by atoms with Crippen LogP contribution in [-0.4, -0.2) is 44.3 Å². The van der Waals surface area contributed by atoms with Crippen LogP contribution in [0.2, 0.25) is 0 Å². The molecule has 1 aliphatic rings. The standard InChI is InChI=1S/C11H23NO3S/c1-5-16(13,14)12-6-7-15-10(9-12)8-11(2,3)4/h10H,5-9H2,1-4H3/t10-/m1/s1. The van der Waals surface area contributed by atoms with E-state index in [1.54, 1.807) is 11.2 Å². The lowest BCUT2D eigenvalue weighted by atomic mass is 9.89. The van der Waals surface area contributed by atoms with E-state index in [0.717, 1.165) is 6.42 Å². The number of hydrogen-bond acceptors (Lipinski definition) is 3. The summed E-state index contributed by atoms with van der Waals surface area (Å²) in [5.74, 6) is 0.176. The monoisotopic (exact) mass is 249 g/mol. The minimum absolute atomic E-state index is 0.0371. The molecule has 0 unspecified atom stereocenters. The van der Waals surface area contributed by atoms with Gasteiger partial charge in [0.15, 0.2) is 0 Å². The minimum Gasteiger partial charge on any atom is -0.375 e. The molecule has 0 N–H and O–H groups in total. The van der Waals surface area contributed by atoms with E-state index in [4.69, 9.17) is 4.74 Å². The highest BCUT2D eigenvalue weighted by Gasteiger charge is 2.30. The number of ether oxygens (including phenoxy) is 1. The highest BCUT2D eigenvalue weighted by Crippen LogP contribution is 2.25. The Morgan fingerprint density at radius 1 is 1.38 bits per heavy atom. The highest BCUT2D eigenvalue weighted by atomic mass is 32.2. The van der Waals surface area contributed by atoms with Gasteiger partial charge in [-0.15, -0.1) is 0 Å². The predicted molar refractivity (Wildman–Crippen MR) is 64.8 cm³/mol. The third-order valence-electron chi connectivity index (χ3n) is 2.70. The first kappa shape index (κ1) is 13.9. The van der Waals surface area contributed by atoms with E-state index < -0.39 is 10.0 Å². The van der Waals surface area contributed by atoms with Gasteiger partial charge in [-0.25, -0.2) is 8.42 Å². The number of rotatable bonds is 3. The van der Waals surface area contributed by atoms with Crippen molar-refractivity contribution in [1.82, 2.24) is 4.31 Å². The van der Waals surface area contributed by atoms with Gasteiger partial charge in [-0.1, -0.05) is 20.8 Å². The molecule has 1 fully saturated rings. The SMILES string of the molecule is CCS(=O)(=O)N1CCO[C@H](CC(C)(C)C)C1. The van der Waals surface area contributed by atoms with Crippen LogP contribution < -0.4 is 0 Å². The lowest BCUT2D eigenvalue weighted by Gasteiger charge is -2.35. The molecule has 0 aromatic heterocycles. The van der Waals surface area contributed by atoms with Crippen LogP contribution in [0.4, 0.5) is 0 Å². The van der Waals surface area contributed by atoms with Gasteiger partial charge in [-0.2, -0.15) is 4.31 Å². The second kappa shape index (κ2) is 5.02. The quantitative estimate of drug-likeness (QED) is 0.761. The van der Waals surface area contributed by atoms with Crippen LogP contribution in [0, 0.1) is 5.41 Å². The summed E-state index contributed by atoms with van der Waals surface area (Å²) in [5.41, 5.74) is 0.170. The first-order chi connectivity index (χ1) is 7.24. The molecule has 0 amide bonds. The van der Waals surface area contributed by atoms with E-state index in [-0.39, 0.29) is 17.3 Å². The summed E-state index contributed by atoms with van der Waals surface area (Å²) in [6, 6.07) is 0. The van der Waals surface area contributed by atoms with E-state index in [9.17, 15) is 8.42 Å². The zero-order valence-electron chi connectivity index (χ0n) is 10.7. The van der Waals surface area contributed by atoms with Crippen molar-refractivity contribution in [3.63, 3.8) is 0 Å². The van der Waals surface area contributed by atoms with Crippen LogP contribution in [0.3, 0.4) is 0 Å². The van der Waals surface area contributed by atoms with Gasteiger partial charge in [0.1, 0.15) is 0 Å². The van der Waals surface area contributed by atoms with Gasteiger partial charge in [-0.3, -0.25) is 0 Å². The summed E-state index contributed by atoms with van der Waals surface area (Å²) in [5, 5.41) is 0. The molecule has 1 aliphatic heterocycles. The summed E-state index contributed by atoms with van der Waals surface area (Å²) in [6.45, 7) is 9.63. The second-order valence-electron chi connectivity index (χ2n) is 5.52. The van der Waals surface area contributed by atoms with E-state index >= 15 is 0 Å². The molecule has 16 heavy (non-hydrogen) atoms. The molecular formula is C11H23NO3S. The fraction of sp³-hybridized carbons (Fsp3) is 1.00. The third-order valence-corrected chi connectivity index (χ3v) is 4.55. The Morgan fingerprint density at radius 3 is 2.50 bits per heavy atom. The van der Waals surface area contributed by atoms with Crippen LogP contribution in [0.1, 0.15) is 34.1 Å². The first-order valence-corrected chi connectivity index (χ1v) is 7.45. The predicted octanol–water partition coefficient (Wildman–Crippen LogP) is 1.47. The Balaban J connectivity index is 2.61. The molecule has 4 nitrogen and oxygen atoms in total. The molecule has 0 saturated carbocycles. The summed E-state index contributed by atoms with van der Waals surface area (Å²) in [6.07, 6.45) is 0.929. The van der Waals surface area contributed by atoms with Crippen molar-refractivity contribution in [2.45, 2.75) is 40.2 Å². The van der Waals surface area contributed by atoms with Crippen LogP contribution in [0.25, 0.3) is 0 Å². The van der Waals surface area contributed by atoms with Gasteiger partial charge in [0.05, 0.1) is 18.5 Å². The third kappa shape index (κ3) is 4.03. The van der Waals surface area contributed by atoms with Crippen molar-refractivity contribution < 1.29 is 13.2 Å². The molecule has 0 radical (unpaired) electrons. The van der Waals surface area contributed by atoms with Crippen molar-refractivity contribution >= 4 is 10.0 Å². The molecule has 1 heterocycles. The maximum Gasteiger partial charge on any atom is 0.213 e.